The number of carbonyl (C=O) groups is 2. The van der Waals surface area contributed by atoms with Gasteiger partial charge in [0.05, 0.1) is 5.92 Å². The zero-order valence-corrected chi connectivity index (χ0v) is 11.7. The van der Waals surface area contributed by atoms with Crippen molar-refractivity contribution in [2.45, 2.75) is 32.2 Å². The van der Waals surface area contributed by atoms with Crippen molar-refractivity contribution >= 4 is 17.5 Å². The third kappa shape index (κ3) is 2.61. The summed E-state index contributed by atoms with van der Waals surface area (Å²) in [5.41, 5.74) is 2.10. The summed E-state index contributed by atoms with van der Waals surface area (Å²) >= 11 is 0. The summed E-state index contributed by atoms with van der Waals surface area (Å²) in [6, 6.07) is 5.61. The predicted molar refractivity (Wildman–Crippen MR) is 76.2 cm³/mol. The Morgan fingerprint density at radius 1 is 1.38 bits per heavy atom. The van der Waals surface area contributed by atoms with E-state index in [9.17, 15) is 9.59 Å². The molecule has 21 heavy (non-hydrogen) atoms. The molecule has 0 bridgehead atoms. The van der Waals surface area contributed by atoms with E-state index in [1.165, 1.54) is 0 Å². The fraction of sp³-hybridized carbons (Fsp3) is 0.400. The molecule has 2 aromatic heterocycles. The van der Waals surface area contributed by atoms with E-state index < -0.39 is 5.97 Å². The molecule has 0 unspecified atom stereocenters. The van der Waals surface area contributed by atoms with Gasteiger partial charge in [-0.3, -0.25) is 9.59 Å². The van der Waals surface area contributed by atoms with Crippen LogP contribution in [-0.2, 0) is 4.79 Å². The number of hydrogen-bond donors (Lipinski definition) is 2. The number of hydrogen-bond acceptors (Lipinski definition) is 3. The molecule has 2 atom stereocenters. The minimum atomic E-state index is -0.782. The molecule has 2 N–H and O–H groups in total. The van der Waals surface area contributed by atoms with Crippen molar-refractivity contribution < 1.29 is 14.7 Å². The van der Waals surface area contributed by atoms with Crippen molar-refractivity contribution in [1.82, 2.24) is 14.7 Å². The van der Waals surface area contributed by atoms with Gasteiger partial charge >= 0.3 is 5.97 Å². The minimum Gasteiger partial charge on any atom is -0.481 e. The Kier molecular flexibility index (Phi) is 3.37. The summed E-state index contributed by atoms with van der Waals surface area (Å²) in [7, 11) is 0. The first-order chi connectivity index (χ1) is 10.0. The van der Waals surface area contributed by atoms with E-state index in [-0.39, 0.29) is 17.9 Å². The van der Waals surface area contributed by atoms with Crippen LogP contribution in [0.2, 0.25) is 0 Å². The van der Waals surface area contributed by atoms with Crippen LogP contribution in [0.5, 0.6) is 0 Å². The molecule has 1 saturated carbocycles. The second-order valence-corrected chi connectivity index (χ2v) is 5.54. The fourth-order valence-corrected chi connectivity index (χ4v) is 2.85. The van der Waals surface area contributed by atoms with Crippen LogP contribution in [0.15, 0.2) is 24.4 Å². The summed E-state index contributed by atoms with van der Waals surface area (Å²) < 4.78 is 1.86. The number of nitrogens with one attached hydrogen (secondary N) is 1. The zero-order valence-electron chi connectivity index (χ0n) is 11.7. The Hall–Kier alpha value is -2.37. The summed E-state index contributed by atoms with van der Waals surface area (Å²) in [6.07, 6.45) is 3.52. The molecule has 0 saturated heterocycles. The van der Waals surface area contributed by atoms with Gasteiger partial charge in [-0.25, -0.2) is 4.98 Å². The van der Waals surface area contributed by atoms with Crippen LogP contribution >= 0.6 is 0 Å². The average Bonchev–Trinajstić information content (AvgIpc) is 3.05. The third-order valence-corrected chi connectivity index (χ3v) is 4.05. The number of amides is 1. The number of pyridine rings is 1. The van der Waals surface area contributed by atoms with Crippen molar-refractivity contribution in [3.8, 4) is 0 Å². The first-order valence-corrected chi connectivity index (χ1v) is 7.03. The molecule has 1 aliphatic rings. The van der Waals surface area contributed by atoms with E-state index in [0.29, 0.717) is 25.0 Å². The van der Waals surface area contributed by atoms with Gasteiger partial charge in [-0.2, -0.15) is 0 Å². The molecule has 3 rings (SSSR count). The first-order valence-electron chi connectivity index (χ1n) is 7.03. The summed E-state index contributed by atoms with van der Waals surface area (Å²) in [6.45, 7) is 1.95. The van der Waals surface area contributed by atoms with Gasteiger partial charge in [-0.15, -0.1) is 0 Å². The fourth-order valence-electron chi connectivity index (χ4n) is 2.85. The van der Waals surface area contributed by atoms with Gasteiger partial charge in [0.1, 0.15) is 11.3 Å². The molecule has 0 spiro atoms. The van der Waals surface area contributed by atoms with E-state index in [4.69, 9.17) is 5.11 Å². The van der Waals surface area contributed by atoms with Crippen LogP contribution in [0.1, 0.15) is 35.4 Å². The second kappa shape index (κ2) is 5.20. The van der Waals surface area contributed by atoms with Gasteiger partial charge in [0, 0.05) is 17.9 Å². The predicted octanol–water partition coefficient (Wildman–Crippen LogP) is 1.63. The highest BCUT2D eigenvalue weighted by molar-refractivity contribution is 5.93. The number of aryl methyl sites for hydroxylation is 1. The zero-order chi connectivity index (χ0) is 15.0. The van der Waals surface area contributed by atoms with Gasteiger partial charge in [-0.05, 0) is 38.3 Å². The first kappa shape index (κ1) is 13.6. The number of nitrogens with zero attached hydrogens (tertiary/aromatic N) is 2. The standard InChI is InChI=1S/C15H17N3O3/c1-9-3-2-4-13-17-12(8-18(9)13)14(19)16-11-6-5-10(7-11)15(20)21/h2-4,8,10-11H,5-7H2,1H3,(H,16,19)(H,20,21)/t10-,11-/m0/s1. The van der Waals surface area contributed by atoms with Crippen LogP contribution in [-0.4, -0.2) is 32.4 Å². The summed E-state index contributed by atoms with van der Waals surface area (Å²) in [5.74, 6) is -1.37. The van der Waals surface area contributed by atoms with Crippen molar-refractivity contribution in [1.29, 1.82) is 0 Å². The minimum absolute atomic E-state index is 0.0792. The molecular formula is C15H17N3O3. The largest absolute Gasteiger partial charge is 0.481 e. The highest BCUT2D eigenvalue weighted by Crippen LogP contribution is 2.25. The number of carboxylic acids is 1. The molecule has 2 aromatic rings. The lowest BCUT2D eigenvalue weighted by Gasteiger charge is -2.10. The van der Waals surface area contributed by atoms with Crippen LogP contribution in [0, 0.1) is 12.8 Å². The molecule has 1 aliphatic carbocycles. The number of rotatable bonds is 3. The number of imidazole rings is 1. The number of carbonyl (C=O) groups excluding carboxylic acids is 1. The average molecular weight is 287 g/mol. The van der Waals surface area contributed by atoms with Gasteiger partial charge in [0.15, 0.2) is 0 Å². The number of fused-ring (bicyclic) bond motifs is 1. The molecule has 6 nitrogen and oxygen atoms in total. The van der Waals surface area contributed by atoms with Gasteiger partial charge in [0.2, 0.25) is 0 Å². The molecule has 0 aliphatic heterocycles. The monoisotopic (exact) mass is 287 g/mol. The van der Waals surface area contributed by atoms with Gasteiger partial charge in [0.25, 0.3) is 5.91 Å². The molecule has 1 amide bonds. The number of carboxylic acid groups (broad SMARTS) is 1. The summed E-state index contributed by atoms with van der Waals surface area (Å²) in [4.78, 5) is 27.5. The van der Waals surface area contributed by atoms with Crippen molar-refractivity contribution in [2.24, 2.45) is 5.92 Å². The Morgan fingerprint density at radius 2 is 2.19 bits per heavy atom. The van der Waals surface area contributed by atoms with Crippen molar-refractivity contribution in [2.75, 3.05) is 0 Å². The molecule has 0 aromatic carbocycles. The third-order valence-electron chi connectivity index (χ3n) is 4.05. The van der Waals surface area contributed by atoms with Crippen LogP contribution < -0.4 is 5.32 Å². The van der Waals surface area contributed by atoms with E-state index >= 15 is 0 Å². The van der Waals surface area contributed by atoms with Crippen LogP contribution in [0.3, 0.4) is 0 Å². The maximum atomic E-state index is 12.2. The Bertz CT molecular complexity index is 707. The topological polar surface area (TPSA) is 83.7 Å². The molecule has 6 heteroatoms. The second-order valence-electron chi connectivity index (χ2n) is 5.54. The molecule has 2 heterocycles. The SMILES string of the molecule is Cc1cccc2nc(C(=O)N[C@H]3CC[C@H](C(=O)O)C3)cn12. The molecule has 1 fully saturated rings. The van der Waals surface area contributed by atoms with Crippen LogP contribution in [0.4, 0.5) is 0 Å². The lowest BCUT2D eigenvalue weighted by Crippen LogP contribution is -2.33. The summed E-state index contributed by atoms with van der Waals surface area (Å²) in [5, 5.41) is 11.9. The van der Waals surface area contributed by atoms with Crippen molar-refractivity contribution in [3.63, 3.8) is 0 Å². The maximum absolute atomic E-state index is 12.2. The van der Waals surface area contributed by atoms with Crippen molar-refractivity contribution in [3.05, 3.63) is 35.8 Å². The van der Waals surface area contributed by atoms with E-state index in [1.54, 1.807) is 6.20 Å². The molecular weight excluding hydrogens is 270 g/mol. The van der Waals surface area contributed by atoms with E-state index in [2.05, 4.69) is 10.3 Å². The Labute approximate surface area is 121 Å². The molecule has 0 radical (unpaired) electrons. The normalized spacial score (nSPS) is 21.6. The highest BCUT2D eigenvalue weighted by Gasteiger charge is 2.31. The highest BCUT2D eigenvalue weighted by atomic mass is 16.4. The number of aromatic nitrogens is 2. The van der Waals surface area contributed by atoms with E-state index in [1.807, 2.05) is 29.5 Å². The Balaban J connectivity index is 1.73. The van der Waals surface area contributed by atoms with Crippen LogP contribution in [0.25, 0.3) is 5.65 Å². The van der Waals surface area contributed by atoms with Gasteiger partial charge in [-0.1, -0.05) is 6.07 Å². The quantitative estimate of drug-likeness (QED) is 0.898. The maximum Gasteiger partial charge on any atom is 0.306 e. The lowest BCUT2D eigenvalue weighted by molar-refractivity contribution is -0.141. The molecule has 110 valence electrons. The van der Waals surface area contributed by atoms with Gasteiger partial charge < -0.3 is 14.8 Å². The van der Waals surface area contributed by atoms with E-state index in [0.717, 1.165) is 11.3 Å². The smallest absolute Gasteiger partial charge is 0.306 e. The lowest BCUT2D eigenvalue weighted by atomic mass is 10.1. The number of aliphatic carboxylic acids is 1. The Morgan fingerprint density at radius 3 is 2.86 bits per heavy atom.